The molecule has 0 bridgehead atoms. The molecule has 0 aliphatic carbocycles. The smallest absolute Gasteiger partial charge is 0.416 e. The number of fused-ring (bicyclic) bond motifs is 1. The lowest BCUT2D eigenvalue weighted by Crippen LogP contribution is -2.05. The molecule has 0 fully saturated rings. The molecule has 3 nitrogen and oxygen atoms in total. The van der Waals surface area contributed by atoms with E-state index in [-0.39, 0.29) is 0 Å². The average molecular weight is 306 g/mol. The number of hydrogen-bond donors (Lipinski definition) is 0. The molecule has 22 heavy (non-hydrogen) atoms. The van der Waals surface area contributed by atoms with Crippen molar-refractivity contribution in [3.63, 3.8) is 0 Å². The van der Waals surface area contributed by atoms with Gasteiger partial charge in [0.1, 0.15) is 11.6 Å². The van der Waals surface area contributed by atoms with Gasteiger partial charge in [-0.15, -0.1) is 0 Å². The van der Waals surface area contributed by atoms with Crippen LogP contribution in [0.3, 0.4) is 0 Å². The monoisotopic (exact) mass is 306 g/mol. The number of alkyl halides is 3. The topological polar surface area (TPSA) is 26.5 Å². The van der Waals surface area contributed by atoms with E-state index in [2.05, 4.69) is 4.98 Å². The van der Waals surface area contributed by atoms with Crippen molar-refractivity contribution in [2.45, 2.75) is 12.6 Å². The fourth-order valence-electron chi connectivity index (χ4n) is 2.27. The van der Waals surface area contributed by atoms with Gasteiger partial charge in [-0.05, 0) is 29.8 Å². The molecule has 0 spiro atoms. The molecule has 0 unspecified atom stereocenters. The van der Waals surface area contributed by atoms with Gasteiger partial charge in [0.25, 0.3) is 0 Å². The van der Waals surface area contributed by atoms with Crippen LogP contribution in [0.25, 0.3) is 5.52 Å². The lowest BCUT2D eigenvalue weighted by Gasteiger charge is -2.08. The number of halogens is 3. The highest BCUT2D eigenvalue weighted by Gasteiger charge is 2.29. The van der Waals surface area contributed by atoms with E-state index in [9.17, 15) is 13.2 Å². The number of benzene rings is 1. The molecule has 0 saturated carbocycles. The molecule has 0 radical (unpaired) electrons. The van der Waals surface area contributed by atoms with Crippen LogP contribution < -0.4 is 4.74 Å². The van der Waals surface area contributed by atoms with Gasteiger partial charge in [-0.1, -0.05) is 12.1 Å². The van der Waals surface area contributed by atoms with E-state index in [1.165, 1.54) is 12.1 Å². The van der Waals surface area contributed by atoms with Crippen LogP contribution in [0, 0.1) is 0 Å². The zero-order valence-corrected chi connectivity index (χ0v) is 11.8. The summed E-state index contributed by atoms with van der Waals surface area (Å²) in [5.74, 6) is 1.44. The summed E-state index contributed by atoms with van der Waals surface area (Å²) in [7, 11) is 1.58. The Balaban J connectivity index is 1.90. The fourth-order valence-corrected chi connectivity index (χ4v) is 2.27. The molecule has 0 atom stereocenters. The van der Waals surface area contributed by atoms with Gasteiger partial charge in [-0.25, -0.2) is 4.98 Å². The summed E-state index contributed by atoms with van der Waals surface area (Å²) < 4.78 is 44.7. The van der Waals surface area contributed by atoms with Crippen molar-refractivity contribution < 1.29 is 17.9 Å². The summed E-state index contributed by atoms with van der Waals surface area (Å²) in [6, 6.07) is 8.84. The number of rotatable bonds is 3. The van der Waals surface area contributed by atoms with Crippen LogP contribution in [0.5, 0.6) is 5.75 Å². The molecule has 3 rings (SSSR count). The maximum absolute atomic E-state index is 12.6. The van der Waals surface area contributed by atoms with E-state index in [1.54, 1.807) is 13.3 Å². The Labute approximate surface area is 125 Å². The molecule has 114 valence electrons. The molecule has 0 N–H and O–H groups in total. The number of pyridine rings is 1. The number of nitrogens with zero attached hydrogens (tertiary/aromatic N) is 2. The molecule has 2 heterocycles. The molecule has 0 aliphatic rings. The highest BCUT2D eigenvalue weighted by molar-refractivity contribution is 5.48. The van der Waals surface area contributed by atoms with E-state index < -0.39 is 11.7 Å². The second-order valence-corrected chi connectivity index (χ2v) is 4.91. The third-order valence-corrected chi connectivity index (χ3v) is 3.46. The predicted octanol–water partition coefficient (Wildman–Crippen LogP) is 3.95. The molecular weight excluding hydrogens is 293 g/mol. The van der Waals surface area contributed by atoms with Crippen LogP contribution in [0.2, 0.25) is 0 Å². The number of ether oxygens (including phenoxy) is 1. The number of methoxy groups -OCH3 is 1. The van der Waals surface area contributed by atoms with Crippen molar-refractivity contribution in [3.05, 3.63) is 65.7 Å². The standard InChI is InChI=1S/C16H13F3N2O/c1-22-14-7-6-13-9-20-15(21(13)10-14)8-11-2-4-12(5-3-11)16(17,18)19/h2-7,9-10H,8H2,1H3. The van der Waals surface area contributed by atoms with Crippen LogP contribution in [0.4, 0.5) is 13.2 Å². The normalized spacial score (nSPS) is 11.8. The third-order valence-electron chi connectivity index (χ3n) is 3.46. The van der Waals surface area contributed by atoms with Crippen molar-refractivity contribution in [2.75, 3.05) is 7.11 Å². The Morgan fingerprint density at radius 2 is 1.82 bits per heavy atom. The SMILES string of the molecule is COc1ccc2cnc(Cc3ccc(C(F)(F)F)cc3)n2c1. The second kappa shape index (κ2) is 5.36. The first-order chi connectivity index (χ1) is 10.5. The number of imidazole rings is 1. The predicted molar refractivity (Wildman–Crippen MR) is 76.0 cm³/mol. The van der Waals surface area contributed by atoms with Gasteiger partial charge in [0, 0.05) is 6.42 Å². The van der Waals surface area contributed by atoms with Gasteiger partial charge >= 0.3 is 6.18 Å². The first-order valence-electron chi connectivity index (χ1n) is 6.63. The summed E-state index contributed by atoms with van der Waals surface area (Å²) in [4.78, 5) is 4.32. The Morgan fingerprint density at radius 1 is 1.09 bits per heavy atom. The summed E-state index contributed by atoms with van der Waals surface area (Å²) in [5, 5.41) is 0. The second-order valence-electron chi connectivity index (χ2n) is 4.91. The minimum Gasteiger partial charge on any atom is -0.495 e. The Bertz CT molecular complexity index is 791. The van der Waals surface area contributed by atoms with Crippen molar-refractivity contribution >= 4 is 5.52 Å². The van der Waals surface area contributed by atoms with Gasteiger partial charge in [0.05, 0.1) is 30.6 Å². The molecule has 0 aliphatic heterocycles. The molecule has 0 amide bonds. The van der Waals surface area contributed by atoms with Gasteiger partial charge < -0.3 is 4.74 Å². The first-order valence-corrected chi connectivity index (χ1v) is 6.63. The van der Waals surface area contributed by atoms with E-state index in [4.69, 9.17) is 4.74 Å². The summed E-state index contributed by atoms with van der Waals surface area (Å²) >= 11 is 0. The molecule has 6 heteroatoms. The lowest BCUT2D eigenvalue weighted by molar-refractivity contribution is -0.137. The van der Waals surface area contributed by atoms with E-state index in [0.717, 1.165) is 29.0 Å². The van der Waals surface area contributed by atoms with E-state index >= 15 is 0 Å². The zero-order chi connectivity index (χ0) is 15.7. The molecule has 3 aromatic rings. The van der Waals surface area contributed by atoms with Crippen molar-refractivity contribution in [3.8, 4) is 5.75 Å². The van der Waals surface area contributed by atoms with Gasteiger partial charge in [-0.3, -0.25) is 4.40 Å². The van der Waals surface area contributed by atoms with Crippen molar-refractivity contribution in [1.29, 1.82) is 0 Å². The zero-order valence-electron chi connectivity index (χ0n) is 11.8. The quantitative estimate of drug-likeness (QED) is 0.732. The maximum Gasteiger partial charge on any atom is 0.416 e. The number of hydrogen-bond acceptors (Lipinski definition) is 2. The van der Waals surface area contributed by atoms with Crippen LogP contribution in [0.1, 0.15) is 17.0 Å². The maximum atomic E-state index is 12.6. The minimum absolute atomic E-state index is 0.444. The summed E-state index contributed by atoms with van der Waals surface area (Å²) in [6.07, 6.45) is -0.341. The minimum atomic E-state index is -4.31. The summed E-state index contributed by atoms with van der Waals surface area (Å²) in [5.41, 5.74) is 1.02. The fraction of sp³-hybridized carbons (Fsp3) is 0.188. The highest BCUT2D eigenvalue weighted by atomic mass is 19.4. The Hall–Kier alpha value is -2.50. The van der Waals surface area contributed by atoms with Crippen LogP contribution in [-0.4, -0.2) is 16.5 Å². The van der Waals surface area contributed by atoms with Gasteiger partial charge in [0.15, 0.2) is 0 Å². The van der Waals surface area contributed by atoms with Crippen molar-refractivity contribution in [1.82, 2.24) is 9.38 Å². The Morgan fingerprint density at radius 3 is 2.45 bits per heavy atom. The van der Waals surface area contributed by atoms with Crippen LogP contribution in [0.15, 0.2) is 48.8 Å². The van der Waals surface area contributed by atoms with Crippen LogP contribution >= 0.6 is 0 Å². The van der Waals surface area contributed by atoms with Gasteiger partial charge in [0.2, 0.25) is 0 Å². The van der Waals surface area contributed by atoms with Crippen LogP contribution in [-0.2, 0) is 12.6 Å². The summed E-state index contributed by atoms with van der Waals surface area (Å²) in [6.45, 7) is 0. The van der Waals surface area contributed by atoms with E-state index in [1.807, 2.05) is 22.7 Å². The first kappa shape index (κ1) is 14.4. The van der Waals surface area contributed by atoms with E-state index in [0.29, 0.717) is 12.2 Å². The third kappa shape index (κ3) is 2.77. The van der Waals surface area contributed by atoms with Gasteiger partial charge in [-0.2, -0.15) is 13.2 Å². The number of aromatic nitrogens is 2. The molecular formula is C16H13F3N2O. The molecule has 2 aromatic heterocycles. The highest BCUT2D eigenvalue weighted by Crippen LogP contribution is 2.29. The average Bonchev–Trinajstić information content (AvgIpc) is 2.89. The largest absolute Gasteiger partial charge is 0.495 e. The molecule has 0 saturated heterocycles. The van der Waals surface area contributed by atoms with Crippen molar-refractivity contribution in [2.24, 2.45) is 0 Å². The molecule has 1 aromatic carbocycles. The Kier molecular flexibility index (Phi) is 3.52. The lowest BCUT2D eigenvalue weighted by atomic mass is 10.1.